The highest BCUT2D eigenvalue weighted by molar-refractivity contribution is 5.47. The van der Waals surface area contributed by atoms with Gasteiger partial charge in [0.2, 0.25) is 0 Å². The van der Waals surface area contributed by atoms with Crippen molar-refractivity contribution in [3.8, 4) is 17.2 Å². The van der Waals surface area contributed by atoms with Crippen LogP contribution in [-0.2, 0) is 6.42 Å². The lowest BCUT2D eigenvalue weighted by Crippen LogP contribution is -2.05. The molecule has 0 aliphatic heterocycles. The van der Waals surface area contributed by atoms with Gasteiger partial charge in [0, 0.05) is 0 Å². The van der Waals surface area contributed by atoms with Crippen LogP contribution in [-0.4, -0.2) is 13.7 Å². The van der Waals surface area contributed by atoms with Gasteiger partial charge in [0.25, 0.3) is 0 Å². The molecular weight excluding hydrogens is 257 g/mol. The van der Waals surface area contributed by atoms with E-state index in [-0.39, 0.29) is 5.75 Å². The maximum atomic E-state index is 14.0. The summed E-state index contributed by atoms with van der Waals surface area (Å²) in [6, 6.07) is 10.3. The summed E-state index contributed by atoms with van der Waals surface area (Å²) in [7, 11) is 1.56. The average Bonchev–Trinajstić information content (AvgIpc) is 2.44. The lowest BCUT2D eigenvalue weighted by Gasteiger charge is -2.14. The van der Waals surface area contributed by atoms with Gasteiger partial charge >= 0.3 is 0 Å². The number of halogens is 1. The Morgan fingerprint density at radius 2 is 1.95 bits per heavy atom. The van der Waals surface area contributed by atoms with Gasteiger partial charge in [0.1, 0.15) is 0 Å². The van der Waals surface area contributed by atoms with Gasteiger partial charge in [-0.3, -0.25) is 0 Å². The van der Waals surface area contributed by atoms with E-state index in [1.807, 2.05) is 25.1 Å². The van der Waals surface area contributed by atoms with Gasteiger partial charge in [0.05, 0.1) is 7.11 Å². The number of hydrogen-bond acceptors (Lipinski definition) is 3. The third-order valence-corrected chi connectivity index (χ3v) is 2.99. The highest BCUT2D eigenvalue weighted by atomic mass is 19.1. The van der Waals surface area contributed by atoms with E-state index in [1.165, 1.54) is 6.07 Å². The first-order valence-corrected chi connectivity index (χ1v) is 6.45. The van der Waals surface area contributed by atoms with E-state index in [0.29, 0.717) is 24.5 Å². The molecule has 0 heterocycles. The second-order valence-electron chi connectivity index (χ2n) is 4.52. The molecule has 2 aromatic rings. The van der Waals surface area contributed by atoms with Gasteiger partial charge in [-0.15, -0.1) is 0 Å². The summed E-state index contributed by atoms with van der Waals surface area (Å²) < 4.78 is 24.9. The fourth-order valence-electron chi connectivity index (χ4n) is 1.99. The topological polar surface area (TPSA) is 44.5 Å². The molecule has 0 saturated heterocycles. The Hall–Kier alpha value is -2.07. The number of methoxy groups -OCH3 is 1. The van der Waals surface area contributed by atoms with Crippen LogP contribution in [0.25, 0.3) is 0 Å². The molecule has 0 bridgehead atoms. The van der Waals surface area contributed by atoms with Gasteiger partial charge < -0.3 is 15.2 Å². The molecule has 0 fully saturated rings. The molecule has 0 aliphatic carbocycles. The monoisotopic (exact) mass is 275 g/mol. The maximum Gasteiger partial charge on any atom is 0.169 e. The fraction of sp³-hybridized carbons (Fsp3) is 0.250. The van der Waals surface area contributed by atoms with E-state index < -0.39 is 5.82 Å². The van der Waals surface area contributed by atoms with E-state index in [0.717, 1.165) is 11.1 Å². The van der Waals surface area contributed by atoms with Crippen molar-refractivity contribution < 1.29 is 13.9 Å². The van der Waals surface area contributed by atoms with Crippen LogP contribution in [0.3, 0.4) is 0 Å². The van der Waals surface area contributed by atoms with Crippen LogP contribution in [0.15, 0.2) is 36.4 Å². The SMILES string of the molecule is COc1cc(C)ccc1Oc1c(F)cccc1CCN. The summed E-state index contributed by atoms with van der Waals surface area (Å²) in [5, 5.41) is 0. The largest absolute Gasteiger partial charge is 0.493 e. The number of rotatable bonds is 5. The number of benzene rings is 2. The van der Waals surface area contributed by atoms with Crippen molar-refractivity contribution in [3.05, 3.63) is 53.3 Å². The van der Waals surface area contributed by atoms with Gasteiger partial charge in [-0.2, -0.15) is 0 Å². The fourth-order valence-corrected chi connectivity index (χ4v) is 1.99. The van der Waals surface area contributed by atoms with E-state index in [4.69, 9.17) is 15.2 Å². The third-order valence-electron chi connectivity index (χ3n) is 2.99. The highest BCUT2D eigenvalue weighted by Crippen LogP contribution is 2.35. The molecule has 2 aromatic carbocycles. The predicted octanol–water partition coefficient (Wildman–Crippen LogP) is 3.44. The Morgan fingerprint density at radius 3 is 2.65 bits per heavy atom. The average molecular weight is 275 g/mol. The molecular formula is C16H18FNO2. The minimum absolute atomic E-state index is 0.208. The predicted molar refractivity (Wildman–Crippen MR) is 77.0 cm³/mol. The minimum atomic E-state index is -0.404. The molecule has 106 valence electrons. The normalized spacial score (nSPS) is 10.4. The number of aryl methyl sites for hydroxylation is 1. The molecule has 0 spiro atoms. The maximum absolute atomic E-state index is 14.0. The second-order valence-corrected chi connectivity index (χ2v) is 4.52. The molecule has 0 atom stereocenters. The van der Waals surface area contributed by atoms with Crippen molar-refractivity contribution in [1.82, 2.24) is 0 Å². The molecule has 2 rings (SSSR count). The van der Waals surface area contributed by atoms with E-state index >= 15 is 0 Å². The first-order valence-electron chi connectivity index (χ1n) is 6.45. The summed E-state index contributed by atoms with van der Waals surface area (Å²) in [5.41, 5.74) is 7.34. The van der Waals surface area contributed by atoms with Crippen molar-refractivity contribution in [2.45, 2.75) is 13.3 Å². The van der Waals surface area contributed by atoms with Crippen molar-refractivity contribution in [2.24, 2.45) is 5.73 Å². The zero-order chi connectivity index (χ0) is 14.5. The Labute approximate surface area is 118 Å². The molecule has 0 unspecified atom stereocenters. The molecule has 0 radical (unpaired) electrons. The number of ether oxygens (including phenoxy) is 2. The summed E-state index contributed by atoms with van der Waals surface area (Å²) in [6.45, 7) is 2.39. The smallest absolute Gasteiger partial charge is 0.169 e. The molecule has 0 saturated carbocycles. The van der Waals surface area contributed by atoms with Gasteiger partial charge in [0.15, 0.2) is 23.1 Å². The number of hydrogen-bond donors (Lipinski definition) is 1. The van der Waals surface area contributed by atoms with Crippen LogP contribution >= 0.6 is 0 Å². The highest BCUT2D eigenvalue weighted by Gasteiger charge is 2.13. The van der Waals surface area contributed by atoms with Crippen molar-refractivity contribution in [3.63, 3.8) is 0 Å². The van der Waals surface area contributed by atoms with Crippen LogP contribution < -0.4 is 15.2 Å². The Morgan fingerprint density at radius 1 is 1.15 bits per heavy atom. The van der Waals surface area contributed by atoms with Crippen molar-refractivity contribution >= 4 is 0 Å². The Kier molecular flexibility index (Phi) is 4.58. The third kappa shape index (κ3) is 3.08. The Bertz CT molecular complexity index is 599. The molecule has 20 heavy (non-hydrogen) atoms. The molecule has 2 N–H and O–H groups in total. The van der Waals surface area contributed by atoms with E-state index in [2.05, 4.69) is 0 Å². The molecule has 4 heteroatoms. The van der Waals surface area contributed by atoms with Crippen LogP contribution in [0.4, 0.5) is 4.39 Å². The summed E-state index contributed by atoms with van der Waals surface area (Å²) in [5.74, 6) is 0.868. The van der Waals surface area contributed by atoms with Crippen LogP contribution in [0.5, 0.6) is 17.2 Å². The first-order chi connectivity index (χ1) is 9.65. The molecule has 0 amide bonds. The Balaban J connectivity index is 2.39. The summed E-state index contributed by atoms with van der Waals surface area (Å²) in [6.07, 6.45) is 0.557. The summed E-state index contributed by atoms with van der Waals surface area (Å²) >= 11 is 0. The van der Waals surface area contributed by atoms with Gasteiger partial charge in [-0.05, 0) is 49.2 Å². The van der Waals surface area contributed by atoms with Gasteiger partial charge in [-0.1, -0.05) is 18.2 Å². The molecule has 0 aliphatic rings. The van der Waals surface area contributed by atoms with Crippen LogP contribution in [0.2, 0.25) is 0 Å². The first kappa shape index (κ1) is 14.3. The summed E-state index contributed by atoms with van der Waals surface area (Å²) in [4.78, 5) is 0. The lowest BCUT2D eigenvalue weighted by atomic mass is 10.1. The zero-order valence-corrected chi connectivity index (χ0v) is 11.7. The number of nitrogens with two attached hydrogens (primary N) is 1. The molecule has 0 aromatic heterocycles. The van der Waals surface area contributed by atoms with E-state index in [9.17, 15) is 4.39 Å². The van der Waals surface area contributed by atoms with Crippen LogP contribution in [0.1, 0.15) is 11.1 Å². The van der Waals surface area contributed by atoms with Crippen molar-refractivity contribution in [2.75, 3.05) is 13.7 Å². The minimum Gasteiger partial charge on any atom is -0.493 e. The van der Waals surface area contributed by atoms with Crippen LogP contribution in [0, 0.1) is 12.7 Å². The standard InChI is InChI=1S/C16H18FNO2/c1-11-6-7-14(15(10-11)19-2)20-16-12(8-9-18)4-3-5-13(16)17/h3-7,10H,8-9,18H2,1-2H3. The zero-order valence-electron chi connectivity index (χ0n) is 11.7. The quantitative estimate of drug-likeness (QED) is 0.909. The number of para-hydroxylation sites is 1. The molecule has 3 nitrogen and oxygen atoms in total. The lowest BCUT2D eigenvalue weighted by molar-refractivity contribution is 0.369. The van der Waals surface area contributed by atoms with E-state index in [1.54, 1.807) is 19.2 Å². The second kappa shape index (κ2) is 6.39. The van der Waals surface area contributed by atoms with Gasteiger partial charge in [-0.25, -0.2) is 4.39 Å². The van der Waals surface area contributed by atoms with Crippen molar-refractivity contribution in [1.29, 1.82) is 0 Å².